The third-order valence-electron chi connectivity index (χ3n) is 1.33. The van der Waals surface area contributed by atoms with E-state index in [-0.39, 0.29) is 5.88 Å². The number of hydrogen-bond donors (Lipinski definition) is 5. The minimum absolute atomic E-state index is 0.375. The molecule has 0 saturated carbocycles. The van der Waals surface area contributed by atoms with E-state index in [1.165, 1.54) is 0 Å². The molecular weight excluding hydrogens is 152 g/mol. The van der Waals surface area contributed by atoms with E-state index < -0.39 is 12.0 Å². The van der Waals surface area contributed by atoms with Gasteiger partial charge in [0.15, 0.2) is 12.0 Å². The Morgan fingerprint density at radius 2 is 2.27 bits per heavy atom. The number of amidine groups is 1. The van der Waals surface area contributed by atoms with Crippen LogP contribution >= 0.6 is 0 Å². The molecule has 0 spiro atoms. The van der Waals surface area contributed by atoms with Gasteiger partial charge >= 0.3 is 0 Å². The second-order valence-electron chi connectivity index (χ2n) is 2.07. The average Bonchev–Trinajstić information content (AvgIpc) is 2.36. The fourth-order valence-corrected chi connectivity index (χ4v) is 0.809. The molecule has 0 amide bonds. The number of aliphatic hydroxyl groups is 2. The van der Waals surface area contributed by atoms with Gasteiger partial charge in [0.2, 0.25) is 0 Å². The molecule has 60 valence electrons. The number of hydroxylamine groups is 2. The van der Waals surface area contributed by atoms with E-state index in [1.807, 2.05) is 0 Å². The number of aliphatic imine (C=N–C) groups is 1. The molecule has 0 aromatic heterocycles. The minimum Gasteiger partial charge on any atom is -0.491 e. The molecule has 1 fully saturated rings. The van der Waals surface area contributed by atoms with Crippen molar-refractivity contribution in [3.05, 3.63) is 11.8 Å². The summed E-state index contributed by atoms with van der Waals surface area (Å²) in [5, 5.41) is 20.3. The van der Waals surface area contributed by atoms with Crippen molar-refractivity contribution in [2.75, 3.05) is 0 Å². The first-order valence-electron chi connectivity index (χ1n) is 2.92. The van der Waals surface area contributed by atoms with Crippen LogP contribution in [0.2, 0.25) is 0 Å². The Morgan fingerprint density at radius 1 is 1.45 bits per heavy atom. The van der Waals surface area contributed by atoms with Crippen molar-refractivity contribution < 1.29 is 15.2 Å². The van der Waals surface area contributed by atoms with Gasteiger partial charge < -0.3 is 15.5 Å². The van der Waals surface area contributed by atoms with Gasteiger partial charge in [-0.2, -0.15) is 9.93 Å². The fourth-order valence-electron chi connectivity index (χ4n) is 0.809. The maximum Gasteiger partial charge on any atom is 0.274 e. The van der Waals surface area contributed by atoms with Crippen molar-refractivity contribution in [2.24, 2.45) is 4.99 Å². The summed E-state index contributed by atoms with van der Waals surface area (Å²) in [6.07, 6.45) is -0.425. The summed E-state index contributed by atoms with van der Waals surface area (Å²) in [4.78, 5) is 8.11. The molecule has 7 heteroatoms. The normalized spacial score (nSPS) is 28.7. The van der Waals surface area contributed by atoms with Crippen LogP contribution in [-0.2, 0) is 4.94 Å². The fraction of sp³-hybridized carbons (Fsp3) is 0.250. The predicted molar refractivity (Wildman–Crippen MR) is 34.0 cm³/mol. The molecule has 11 heavy (non-hydrogen) atoms. The third kappa shape index (κ3) is 0.863. The molecular formula is C4H6N4O3. The van der Waals surface area contributed by atoms with Crippen LogP contribution in [0, 0.1) is 0 Å². The molecule has 5 N–H and O–H groups in total. The van der Waals surface area contributed by atoms with E-state index in [9.17, 15) is 0 Å². The molecule has 7 nitrogen and oxygen atoms in total. The zero-order chi connectivity index (χ0) is 7.84. The number of aliphatic hydroxyl groups excluding tert-OH is 2. The second kappa shape index (κ2) is 2.01. The topological polar surface area (TPSA) is 98.1 Å². The Bertz CT molecular complexity index is 248. The van der Waals surface area contributed by atoms with Crippen LogP contribution in [0.25, 0.3) is 0 Å². The highest BCUT2D eigenvalue weighted by atomic mass is 16.8. The van der Waals surface area contributed by atoms with Crippen LogP contribution < -0.4 is 16.3 Å². The van der Waals surface area contributed by atoms with Crippen LogP contribution in [-0.4, -0.2) is 22.2 Å². The van der Waals surface area contributed by atoms with Gasteiger partial charge in [-0.05, 0) is 0 Å². The maximum atomic E-state index is 8.91. The predicted octanol–water partition coefficient (Wildman–Crippen LogP) is -1.40. The number of hydrogen-bond acceptors (Lipinski definition) is 7. The van der Waals surface area contributed by atoms with E-state index >= 15 is 0 Å². The van der Waals surface area contributed by atoms with Crippen molar-refractivity contribution in [2.45, 2.75) is 6.17 Å². The minimum atomic E-state index is -0.462. The molecule has 2 aliphatic rings. The van der Waals surface area contributed by atoms with Gasteiger partial charge in [0.1, 0.15) is 0 Å². The van der Waals surface area contributed by atoms with E-state index in [2.05, 4.69) is 26.2 Å². The number of nitrogens with one attached hydrogen (secondary N) is 3. The van der Waals surface area contributed by atoms with E-state index in [1.54, 1.807) is 0 Å². The second-order valence-corrected chi connectivity index (χ2v) is 2.07. The highest BCUT2D eigenvalue weighted by Gasteiger charge is 2.28. The molecule has 0 bridgehead atoms. The van der Waals surface area contributed by atoms with E-state index in [4.69, 9.17) is 10.2 Å². The number of rotatable bonds is 0. The summed E-state index contributed by atoms with van der Waals surface area (Å²) in [6.45, 7) is 0. The molecule has 1 atom stereocenters. The number of fused-ring (bicyclic) bond motifs is 1. The Hall–Kier alpha value is -1.47. The van der Waals surface area contributed by atoms with Gasteiger partial charge in [0.05, 0.1) is 0 Å². The smallest absolute Gasteiger partial charge is 0.274 e. The van der Waals surface area contributed by atoms with Crippen LogP contribution in [0.15, 0.2) is 16.8 Å². The zero-order valence-electron chi connectivity index (χ0n) is 5.33. The summed E-state index contributed by atoms with van der Waals surface area (Å²) in [5.41, 5.74) is 4.83. The Labute approximate surface area is 61.3 Å². The van der Waals surface area contributed by atoms with Crippen LogP contribution in [0.5, 0.6) is 0 Å². The van der Waals surface area contributed by atoms with Gasteiger partial charge in [-0.1, -0.05) is 0 Å². The highest BCUT2D eigenvalue weighted by molar-refractivity contribution is 5.88. The van der Waals surface area contributed by atoms with Crippen LogP contribution in [0.3, 0.4) is 0 Å². The molecule has 1 saturated heterocycles. The van der Waals surface area contributed by atoms with Crippen molar-refractivity contribution in [1.29, 1.82) is 0 Å². The highest BCUT2D eigenvalue weighted by Crippen LogP contribution is 2.06. The zero-order valence-corrected chi connectivity index (χ0v) is 5.33. The lowest BCUT2D eigenvalue weighted by atomic mass is 10.4. The van der Waals surface area contributed by atoms with Crippen molar-refractivity contribution in [1.82, 2.24) is 16.3 Å². The Balaban J connectivity index is 2.29. The maximum absolute atomic E-state index is 8.91. The lowest BCUT2D eigenvalue weighted by Gasteiger charge is -2.15. The summed E-state index contributed by atoms with van der Waals surface area (Å²) in [7, 11) is 0. The molecule has 2 rings (SSSR count). The lowest BCUT2D eigenvalue weighted by molar-refractivity contribution is 0.0183. The van der Waals surface area contributed by atoms with Crippen molar-refractivity contribution in [3.63, 3.8) is 0 Å². The summed E-state index contributed by atoms with van der Waals surface area (Å²) >= 11 is 0. The first-order valence-corrected chi connectivity index (χ1v) is 2.92. The SMILES string of the molecule is OC1=C(O)NC2NONC2=N1. The summed E-state index contributed by atoms with van der Waals surface area (Å²) in [6, 6.07) is 0. The lowest BCUT2D eigenvalue weighted by Crippen LogP contribution is -2.45. The quantitative estimate of drug-likeness (QED) is 0.297. The molecule has 0 aromatic carbocycles. The van der Waals surface area contributed by atoms with Crippen LogP contribution in [0.4, 0.5) is 0 Å². The number of nitrogens with zero attached hydrogens (tertiary/aromatic N) is 1. The standard InChI is InChI=1S/C4H6N4O3/c9-3-4(10)6-2-1(5-3)7-11-8-2/h1,5,7,9-10H,(H,6,8). The first-order chi connectivity index (χ1) is 5.27. The monoisotopic (exact) mass is 158 g/mol. The molecule has 0 aliphatic carbocycles. The Morgan fingerprint density at radius 3 is 3.09 bits per heavy atom. The molecule has 2 aliphatic heterocycles. The molecule has 2 heterocycles. The summed E-state index contributed by atoms with van der Waals surface area (Å²) < 4.78 is 0. The van der Waals surface area contributed by atoms with Gasteiger partial charge in [-0.3, -0.25) is 0 Å². The van der Waals surface area contributed by atoms with E-state index in [0.717, 1.165) is 0 Å². The largest absolute Gasteiger partial charge is 0.491 e. The third-order valence-corrected chi connectivity index (χ3v) is 1.33. The Kier molecular flexibility index (Phi) is 1.14. The van der Waals surface area contributed by atoms with Gasteiger partial charge in [0.25, 0.3) is 11.8 Å². The van der Waals surface area contributed by atoms with Gasteiger partial charge in [-0.15, -0.1) is 5.48 Å². The molecule has 0 aromatic rings. The van der Waals surface area contributed by atoms with E-state index in [0.29, 0.717) is 5.84 Å². The molecule has 1 unspecified atom stereocenters. The van der Waals surface area contributed by atoms with Gasteiger partial charge in [-0.25, -0.2) is 5.48 Å². The van der Waals surface area contributed by atoms with Gasteiger partial charge in [0, 0.05) is 0 Å². The first kappa shape index (κ1) is 6.25. The van der Waals surface area contributed by atoms with Crippen molar-refractivity contribution in [3.8, 4) is 0 Å². The summed E-state index contributed by atoms with van der Waals surface area (Å²) in [5.74, 6) is -0.463. The van der Waals surface area contributed by atoms with Crippen LogP contribution in [0.1, 0.15) is 0 Å². The molecule has 0 radical (unpaired) electrons. The average molecular weight is 158 g/mol. The van der Waals surface area contributed by atoms with Crippen molar-refractivity contribution >= 4 is 5.84 Å².